The number of thiocarbonyl (C=S) groups is 1. The summed E-state index contributed by atoms with van der Waals surface area (Å²) >= 11 is 5.42. The molecule has 0 spiro atoms. The van der Waals surface area contributed by atoms with E-state index in [9.17, 15) is 19.3 Å². The highest BCUT2D eigenvalue weighted by atomic mass is 32.1. The molecule has 0 radical (unpaired) electrons. The fourth-order valence-electron chi connectivity index (χ4n) is 4.30. The van der Waals surface area contributed by atoms with Crippen LogP contribution >= 0.6 is 12.2 Å². The molecule has 1 aliphatic carbocycles. The standard InChI is InChI=1S/C24H24FN3O5S/c1-32-21-10-7-15(11-16(21)14-33-22-13-17(25)8-9-20(22)28(30)31)12-19-23(29)27(24(34)26-19)18-5-3-2-4-6-18/h7-13,18H,2-6,14H2,1H3,(H,26,34)/b19-12+. The maximum atomic E-state index is 13.6. The molecule has 2 aromatic carbocycles. The Morgan fingerprint density at radius 3 is 2.68 bits per heavy atom. The van der Waals surface area contributed by atoms with Gasteiger partial charge in [0.25, 0.3) is 5.91 Å². The first-order chi connectivity index (χ1) is 16.4. The zero-order valence-electron chi connectivity index (χ0n) is 18.6. The van der Waals surface area contributed by atoms with Gasteiger partial charge in [-0.3, -0.25) is 19.8 Å². The second-order valence-corrected chi connectivity index (χ2v) is 8.57. The first kappa shape index (κ1) is 23.6. The van der Waals surface area contributed by atoms with E-state index in [0.717, 1.165) is 43.9 Å². The molecule has 0 bridgehead atoms. The lowest BCUT2D eigenvalue weighted by Gasteiger charge is -2.29. The molecule has 1 saturated carbocycles. The Bertz CT molecular complexity index is 1160. The van der Waals surface area contributed by atoms with Crippen molar-refractivity contribution in [3.8, 4) is 11.5 Å². The molecule has 0 unspecified atom stereocenters. The summed E-state index contributed by atoms with van der Waals surface area (Å²) in [4.78, 5) is 25.3. The monoisotopic (exact) mass is 485 g/mol. The molecule has 1 amide bonds. The lowest BCUT2D eigenvalue weighted by atomic mass is 9.94. The van der Waals surface area contributed by atoms with Gasteiger partial charge < -0.3 is 14.8 Å². The van der Waals surface area contributed by atoms with Crippen LogP contribution in [0.3, 0.4) is 0 Å². The number of carbonyl (C=O) groups excluding carboxylic acids is 1. The van der Waals surface area contributed by atoms with Crippen LogP contribution in [0.25, 0.3) is 6.08 Å². The van der Waals surface area contributed by atoms with Crippen molar-refractivity contribution in [2.75, 3.05) is 7.11 Å². The van der Waals surface area contributed by atoms with Crippen LogP contribution in [0.1, 0.15) is 43.2 Å². The third-order valence-electron chi connectivity index (χ3n) is 5.97. The maximum Gasteiger partial charge on any atom is 0.311 e. The highest BCUT2D eigenvalue weighted by molar-refractivity contribution is 7.80. The highest BCUT2D eigenvalue weighted by Crippen LogP contribution is 2.31. The van der Waals surface area contributed by atoms with Crippen LogP contribution in [-0.2, 0) is 11.4 Å². The van der Waals surface area contributed by atoms with E-state index in [1.807, 2.05) is 0 Å². The Balaban J connectivity index is 1.55. The molecule has 4 rings (SSSR count). The van der Waals surface area contributed by atoms with Gasteiger partial charge in [0.05, 0.1) is 12.0 Å². The number of hydrogen-bond acceptors (Lipinski definition) is 6. The molecule has 1 heterocycles. The van der Waals surface area contributed by atoms with Gasteiger partial charge in [0, 0.05) is 23.7 Å². The van der Waals surface area contributed by atoms with Crippen molar-refractivity contribution in [3.63, 3.8) is 0 Å². The molecule has 1 N–H and O–H groups in total. The molecule has 34 heavy (non-hydrogen) atoms. The molecule has 178 valence electrons. The Morgan fingerprint density at radius 1 is 1.21 bits per heavy atom. The number of rotatable bonds is 7. The molecular weight excluding hydrogens is 461 g/mol. The van der Waals surface area contributed by atoms with Gasteiger partial charge in [-0.2, -0.15) is 0 Å². The summed E-state index contributed by atoms with van der Waals surface area (Å²) in [5.74, 6) is -0.487. The Kier molecular flexibility index (Phi) is 7.06. The van der Waals surface area contributed by atoms with E-state index in [4.69, 9.17) is 21.7 Å². The smallest absolute Gasteiger partial charge is 0.311 e. The number of nitro benzene ring substituents is 1. The Morgan fingerprint density at radius 2 is 1.97 bits per heavy atom. The summed E-state index contributed by atoms with van der Waals surface area (Å²) in [6, 6.07) is 8.39. The van der Waals surface area contributed by atoms with Gasteiger partial charge in [0.1, 0.15) is 23.9 Å². The SMILES string of the molecule is COc1ccc(/C=C2/NC(=S)N(C3CCCCC3)C2=O)cc1COc1cc(F)ccc1[N+](=O)[O-]. The second kappa shape index (κ2) is 10.2. The van der Waals surface area contributed by atoms with Gasteiger partial charge >= 0.3 is 5.69 Å². The highest BCUT2D eigenvalue weighted by Gasteiger charge is 2.36. The van der Waals surface area contributed by atoms with E-state index in [2.05, 4.69) is 5.32 Å². The van der Waals surface area contributed by atoms with Crippen LogP contribution in [-0.4, -0.2) is 34.0 Å². The van der Waals surface area contributed by atoms with E-state index in [1.54, 1.807) is 29.2 Å². The summed E-state index contributed by atoms with van der Waals surface area (Å²) in [5.41, 5.74) is 1.31. The number of benzene rings is 2. The molecule has 1 aliphatic heterocycles. The summed E-state index contributed by atoms with van der Waals surface area (Å²) in [6.07, 6.45) is 6.93. The van der Waals surface area contributed by atoms with Crippen molar-refractivity contribution in [2.45, 2.75) is 44.8 Å². The lowest BCUT2D eigenvalue weighted by Crippen LogP contribution is -2.41. The van der Waals surface area contributed by atoms with Crippen LogP contribution < -0.4 is 14.8 Å². The zero-order valence-corrected chi connectivity index (χ0v) is 19.4. The number of nitrogens with zero attached hydrogens (tertiary/aromatic N) is 2. The number of nitrogens with one attached hydrogen (secondary N) is 1. The summed E-state index contributed by atoms with van der Waals surface area (Å²) in [7, 11) is 1.49. The molecule has 2 aliphatic rings. The van der Waals surface area contributed by atoms with Gasteiger partial charge in [-0.05, 0) is 54.9 Å². The second-order valence-electron chi connectivity index (χ2n) is 8.18. The predicted octanol–water partition coefficient (Wildman–Crippen LogP) is 4.71. The van der Waals surface area contributed by atoms with Crippen molar-refractivity contribution in [2.24, 2.45) is 0 Å². The normalized spacial score (nSPS) is 17.7. The van der Waals surface area contributed by atoms with Crippen LogP contribution in [0.15, 0.2) is 42.1 Å². The number of ether oxygens (including phenoxy) is 2. The maximum absolute atomic E-state index is 13.6. The minimum Gasteiger partial charge on any atom is -0.496 e. The van der Waals surface area contributed by atoms with Crippen molar-refractivity contribution in [3.05, 3.63) is 69.2 Å². The van der Waals surface area contributed by atoms with Gasteiger partial charge in [-0.25, -0.2) is 4.39 Å². The van der Waals surface area contributed by atoms with Gasteiger partial charge in [0.15, 0.2) is 10.9 Å². The predicted molar refractivity (Wildman–Crippen MR) is 128 cm³/mol. The molecule has 10 heteroatoms. The minimum atomic E-state index is -0.643. The molecule has 1 saturated heterocycles. The van der Waals surface area contributed by atoms with E-state index >= 15 is 0 Å². The molecule has 0 aromatic heterocycles. The zero-order chi connectivity index (χ0) is 24.2. The number of methoxy groups -OCH3 is 1. The van der Waals surface area contributed by atoms with Crippen LogP contribution in [0.5, 0.6) is 11.5 Å². The third kappa shape index (κ3) is 5.01. The van der Waals surface area contributed by atoms with Gasteiger partial charge in [-0.1, -0.05) is 25.3 Å². The molecular formula is C24H24FN3O5S. The van der Waals surface area contributed by atoms with E-state index in [-0.39, 0.29) is 30.0 Å². The van der Waals surface area contributed by atoms with Crippen molar-refractivity contribution < 1.29 is 23.6 Å². The van der Waals surface area contributed by atoms with Crippen molar-refractivity contribution in [1.82, 2.24) is 10.2 Å². The fourth-order valence-corrected chi connectivity index (χ4v) is 4.64. The van der Waals surface area contributed by atoms with Gasteiger partial charge in [0.2, 0.25) is 0 Å². The van der Waals surface area contributed by atoms with E-state index in [1.165, 1.54) is 13.5 Å². The number of hydrogen-bond donors (Lipinski definition) is 1. The molecule has 0 atom stereocenters. The van der Waals surface area contributed by atoms with E-state index < -0.39 is 10.7 Å². The Labute approximate surface area is 201 Å². The number of halogens is 1. The molecule has 2 aromatic rings. The number of nitro groups is 1. The minimum absolute atomic E-state index is 0.0987. The number of amides is 1. The first-order valence-electron chi connectivity index (χ1n) is 11.0. The van der Waals surface area contributed by atoms with Crippen molar-refractivity contribution in [1.29, 1.82) is 0 Å². The van der Waals surface area contributed by atoms with E-state index in [0.29, 0.717) is 27.7 Å². The third-order valence-corrected chi connectivity index (χ3v) is 6.27. The van der Waals surface area contributed by atoms with Crippen LogP contribution in [0.2, 0.25) is 0 Å². The molecule has 2 fully saturated rings. The van der Waals surface area contributed by atoms with Crippen LogP contribution in [0, 0.1) is 15.9 Å². The van der Waals surface area contributed by atoms with Crippen molar-refractivity contribution >= 4 is 35.0 Å². The topological polar surface area (TPSA) is 93.9 Å². The average molecular weight is 486 g/mol. The summed E-state index contributed by atoms with van der Waals surface area (Å²) in [5, 5.41) is 14.7. The lowest BCUT2D eigenvalue weighted by molar-refractivity contribution is -0.386. The quantitative estimate of drug-likeness (QED) is 0.263. The summed E-state index contributed by atoms with van der Waals surface area (Å²) < 4.78 is 24.6. The largest absolute Gasteiger partial charge is 0.496 e. The summed E-state index contributed by atoms with van der Waals surface area (Å²) in [6.45, 7) is -0.0987. The Hall–Kier alpha value is -3.53. The number of carbonyl (C=O) groups is 1. The average Bonchev–Trinajstić information content (AvgIpc) is 3.10. The van der Waals surface area contributed by atoms with Gasteiger partial charge in [-0.15, -0.1) is 0 Å². The first-order valence-corrected chi connectivity index (χ1v) is 11.4. The fraction of sp³-hybridized carbons (Fsp3) is 0.333. The van der Waals surface area contributed by atoms with Crippen LogP contribution in [0.4, 0.5) is 10.1 Å². The molecule has 8 nitrogen and oxygen atoms in total.